The zero-order valence-corrected chi connectivity index (χ0v) is 11.8. The van der Waals surface area contributed by atoms with E-state index in [9.17, 15) is 0 Å². The molecule has 0 amide bonds. The Morgan fingerprint density at radius 1 is 1.25 bits per heavy atom. The largest absolute Gasteiger partial charge is 0.362 e. The smallest absolute Gasteiger partial charge is 0.132 e. The monoisotopic (exact) mass is 263 g/mol. The minimum Gasteiger partial charge on any atom is -0.362 e. The zero-order valence-electron chi connectivity index (χ0n) is 11.8. The third-order valence-corrected chi connectivity index (χ3v) is 3.36. The van der Waals surface area contributed by atoms with Gasteiger partial charge in [0.25, 0.3) is 0 Å². The Morgan fingerprint density at radius 3 is 2.60 bits per heavy atom. The van der Waals surface area contributed by atoms with E-state index in [4.69, 9.17) is 10.5 Å². The molecule has 0 aliphatic heterocycles. The normalized spacial score (nSPS) is 17.4. The lowest BCUT2D eigenvalue weighted by atomic mass is 9.74. The Labute approximate surface area is 119 Å². The van der Waals surface area contributed by atoms with Gasteiger partial charge in [-0.15, -0.1) is 0 Å². The van der Waals surface area contributed by atoms with Gasteiger partial charge in [0.05, 0.1) is 0 Å². The summed E-state index contributed by atoms with van der Waals surface area (Å²) in [4.78, 5) is 3.12. The molecule has 3 heteroatoms. The van der Waals surface area contributed by atoms with Crippen molar-refractivity contribution in [2.24, 2.45) is 5.41 Å². The van der Waals surface area contributed by atoms with Crippen molar-refractivity contribution in [2.75, 3.05) is 0 Å². The second kappa shape index (κ2) is 5.63. The van der Waals surface area contributed by atoms with Crippen molar-refractivity contribution < 1.29 is 0 Å². The average Bonchev–Trinajstić information content (AvgIpc) is 2.89. The molecule has 0 aromatic carbocycles. The molecule has 1 aliphatic carbocycles. The van der Waals surface area contributed by atoms with Crippen LogP contribution in [0.15, 0.2) is 47.2 Å². The molecular formula is C17H17N3. The van der Waals surface area contributed by atoms with Crippen molar-refractivity contribution in [2.45, 2.75) is 26.7 Å². The van der Waals surface area contributed by atoms with Gasteiger partial charge in [-0.3, -0.25) is 0 Å². The van der Waals surface area contributed by atoms with Gasteiger partial charge in [0.1, 0.15) is 17.7 Å². The van der Waals surface area contributed by atoms with E-state index in [2.05, 4.69) is 24.9 Å². The molecule has 0 radical (unpaired) electrons. The number of aromatic amines is 1. The number of H-pyrrole nitrogens is 1. The highest BCUT2D eigenvalue weighted by atomic mass is 14.7. The van der Waals surface area contributed by atoms with Crippen molar-refractivity contribution >= 4 is 6.08 Å². The third-order valence-electron chi connectivity index (χ3n) is 3.36. The average molecular weight is 263 g/mol. The lowest BCUT2D eigenvalue weighted by Crippen LogP contribution is -2.17. The molecular weight excluding hydrogens is 246 g/mol. The first-order valence-corrected chi connectivity index (χ1v) is 6.59. The van der Waals surface area contributed by atoms with Crippen LogP contribution in [0, 0.1) is 28.1 Å². The first-order valence-electron chi connectivity index (χ1n) is 6.59. The van der Waals surface area contributed by atoms with Crippen molar-refractivity contribution in [3.05, 3.63) is 52.9 Å². The standard InChI is InChI=1S/C17H17N3/c1-17(2)9-13(5-6-16-4-3-7-20-16)8-14(10-17)15(11-18)12-19/h3-8,20H,9-10H2,1-2H3/b6-5+. The van der Waals surface area contributed by atoms with E-state index in [0.29, 0.717) is 0 Å². The van der Waals surface area contributed by atoms with Gasteiger partial charge in [-0.1, -0.05) is 26.0 Å². The first kappa shape index (κ1) is 13.9. The van der Waals surface area contributed by atoms with Crippen LogP contribution in [0.3, 0.4) is 0 Å². The van der Waals surface area contributed by atoms with E-state index in [1.165, 1.54) is 0 Å². The fourth-order valence-corrected chi connectivity index (χ4v) is 2.54. The highest BCUT2D eigenvalue weighted by Crippen LogP contribution is 2.39. The van der Waals surface area contributed by atoms with Crippen LogP contribution in [-0.4, -0.2) is 4.98 Å². The van der Waals surface area contributed by atoms with Gasteiger partial charge in [-0.05, 0) is 47.6 Å². The summed E-state index contributed by atoms with van der Waals surface area (Å²) >= 11 is 0. The Kier molecular flexibility index (Phi) is 3.91. The second-order valence-electron chi connectivity index (χ2n) is 5.82. The highest BCUT2D eigenvalue weighted by Gasteiger charge is 2.26. The summed E-state index contributed by atoms with van der Waals surface area (Å²) in [6, 6.07) is 7.94. The maximum atomic E-state index is 9.03. The van der Waals surface area contributed by atoms with Crippen LogP contribution in [0.1, 0.15) is 32.4 Å². The van der Waals surface area contributed by atoms with Crippen LogP contribution in [0.25, 0.3) is 6.08 Å². The molecule has 0 unspecified atom stereocenters. The molecule has 100 valence electrons. The van der Waals surface area contributed by atoms with Gasteiger partial charge >= 0.3 is 0 Å². The van der Waals surface area contributed by atoms with Gasteiger partial charge in [-0.25, -0.2) is 0 Å². The number of rotatable bonds is 2. The number of nitrogens with one attached hydrogen (secondary N) is 1. The molecule has 20 heavy (non-hydrogen) atoms. The minimum absolute atomic E-state index is 0.0679. The molecule has 0 fully saturated rings. The summed E-state index contributed by atoms with van der Waals surface area (Å²) in [5.74, 6) is 0. The SMILES string of the molecule is CC1(C)CC(/C=C/c2ccc[nH]2)=CC(=C(C#N)C#N)C1. The second-order valence-corrected chi connectivity index (χ2v) is 5.82. The van der Waals surface area contributed by atoms with Crippen LogP contribution in [0.5, 0.6) is 0 Å². The van der Waals surface area contributed by atoms with Gasteiger partial charge in [-0.2, -0.15) is 10.5 Å². The molecule has 1 aromatic heterocycles. The van der Waals surface area contributed by atoms with Crippen LogP contribution in [0.2, 0.25) is 0 Å². The van der Waals surface area contributed by atoms with Gasteiger partial charge in [0.15, 0.2) is 0 Å². The van der Waals surface area contributed by atoms with E-state index in [0.717, 1.165) is 29.7 Å². The number of allylic oxidation sites excluding steroid dienone is 5. The summed E-state index contributed by atoms with van der Waals surface area (Å²) in [7, 11) is 0. The maximum Gasteiger partial charge on any atom is 0.132 e. The predicted octanol–water partition coefficient (Wildman–Crippen LogP) is 4.12. The predicted molar refractivity (Wildman–Crippen MR) is 79.2 cm³/mol. The number of hydrogen-bond acceptors (Lipinski definition) is 2. The van der Waals surface area contributed by atoms with E-state index in [1.54, 1.807) is 0 Å². The number of nitrogens with zero attached hydrogens (tertiary/aromatic N) is 2. The summed E-state index contributed by atoms with van der Waals surface area (Å²) in [5.41, 5.74) is 3.33. The lowest BCUT2D eigenvalue weighted by molar-refractivity contribution is 0.354. The van der Waals surface area contributed by atoms with Gasteiger partial charge in [0, 0.05) is 11.9 Å². The van der Waals surface area contributed by atoms with E-state index in [1.807, 2.05) is 42.6 Å². The fourth-order valence-electron chi connectivity index (χ4n) is 2.54. The molecule has 2 rings (SSSR count). The molecule has 1 heterocycles. The Morgan fingerprint density at radius 2 is 2.00 bits per heavy atom. The highest BCUT2D eigenvalue weighted by molar-refractivity contribution is 5.54. The zero-order chi connectivity index (χ0) is 14.6. The fraction of sp³-hybridized carbons (Fsp3) is 0.294. The Bertz CT molecular complexity index is 640. The Hall–Kier alpha value is -2.52. The van der Waals surface area contributed by atoms with Crippen molar-refractivity contribution in [3.8, 4) is 12.1 Å². The van der Waals surface area contributed by atoms with Gasteiger partial charge < -0.3 is 4.98 Å². The molecule has 0 saturated heterocycles. The summed E-state index contributed by atoms with van der Waals surface area (Å²) < 4.78 is 0. The molecule has 0 atom stereocenters. The summed E-state index contributed by atoms with van der Waals surface area (Å²) in [6.07, 6.45) is 9.64. The number of aromatic nitrogens is 1. The van der Waals surface area contributed by atoms with Crippen molar-refractivity contribution in [1.29, 1.82) is 10.5 Å². The molecule has 3 nitrogen and oxygen atoms in total. The van der Waals surface area contributed by atoms with Crippen molar-refractivity contribution in [1.82, 2.24) is 4.98 Å². The molecule has 0 bridgehead atoms. The van der Waals surface area contributed by atoms with Crippen LogP contribution >= 0.6 is 0 Å². The van der Waals surface area contributed by atoms with Crippen LogP contribution in [0.4, 0.5) is 0 Å². The quantitative estimate of drug-likeness (QED) is 0.816. The molecule has 1 aromatic rings. The van der Waals surface area contributed by atoms with Gasteiger partial charge in [0.2, 0.25) is 0 Å². The van der Waals surface area contributed by atoms with Crippen LogP contribution < -0.4 is 0 Å². The topological polar surface area (TPSA) is 63.4 Å². The maximum absolute atomic E-state index is 9.03. The van der Waals surface area contributed by atoms with E-state index >= 15 is 0 Å². The summed E-state index contributed by atoms with van der Waals surface area (Å²) in [6.45, 7) is 4.32. The van der Waals surface area contributed by atoms with E-state index < -0.39 is 0 Å². The van der Waals surface area contributed by atoms with Crippen molar-refractivity contribution in [3.63, 3.8) is 0 Å². The number of nitriles is 2. The molecule has 0 spiro atoms. The third kappa shape index (κ3) is 3.28. The molecule has 1 aliphatic rings. The lowest BCUT2D eigenvalue weighted by Gasteiger charge is -2.30. The molecule has 0 saturated carbocycles. The molecule has 1 N–H and O–H groups in total. The van der Waals surface area contributed by atoms with Crippen LogP contribution in [-0.2, 0) is 0 Å². The number of hydrogen-bond donors (Lipinski definition) is 1. The van der Waals surface area contributed by atoms with E-state index in [-0.39, 0.29) is 11.0 Å². The first-order chi connectivity index (χ1) is 9.54. The minimum atomic E-state index is 0.0679. The Balaban J connectivity index is 2.35. The summed E-state index contributed by atoms with van der Waals surface area (Å²) in [5, 5.41) is 18.1.